The SMILES string of the molecule is COc1ccc(Br)cc1-c1cc(-c2ccc(Br)cc2)no1. The van der Waals surface area contributed by atoms with Crippen molar-refractivity contribution in [3.63, 3.8) is 0 Å². The van der Waals surface area contributed by atoms with Crippen molar-refractivity contribution in [1.29, 1.82) is 0 Å². The minimum atomic E-state index is 0.672. The van der Waals surface area contributed by atoms with Crippen molar-refractivity contribution in [2.24, 2.45) is 0 Å². The molecule has 0 N–H and O–H groups in total. The zero-order valence-corrected chi connectivity index (χ0v) is 14.3. The van der Waals surface area contributed by atoms with E-state index in [0.29, 0.717) is 5.76 Å². The predicted octanol–water partition coefficient (Wildman–Crippen LogP) is 5.54. The van der Waals surface area contributed by atoms with Crippen LogP contribution in [0.15, 0.2) is 62.0 Å². The first-order valence-electron chi connectivity index (χ1n) is 6.24. The molecule has 1 aromatic heterocycles. The predicted molar refractivity (Wildman–Crippen MR) is 89.3 cm³/mol. The molecule has 0 aliphatic heterocycles. The second kappa shape index (κ2) is 6.03. The van der Waals surface area contributed by atoms with Gasteiger partial charge in [0.1, 0.15) is 11.4 Å². The van der Waals surface area contributed by atoms with Crippen LogP contribution in [0, 0.1) is 0 Å². The van der Waals surface area contributed by atoms with Gasteiger partial charge in [-0.05, 0) is 30.3 Å². The van der Waals surface area contributed by atoms with Gasteiger partial charge in [0.05, 0.1) is 12.7 Å². The molecular weight excluding hydrogens is 398 g/mol. The zero-order chi connectivity index (χ0) is 14.8. The maximum Gasteiger partial charge on any atom is 0.171 e. The quantitative estimate of drug-likeness (QED) is 0.570. The highest BCUT2D eigenvalue weighted by Gasteiger charge is 2.13. The molecule has 0 fully saturated rings. The van der Waals surface area contributed by atoms with Crippen LogP contribution in [0.1, 0.15) is 0 Å². The highest BCUT2D eigenvalue weighted by Crippen LogP contribution is 2.34. The Hall–Kier alpha value is -1.59. The molecule has 3 rings (SSSR count). The maximum absolute atomic E-state index is 5.47. The van der Waals surface area contributed by atoms with Crippen molar-refractivity contribution in [1.82, 2.24) is 5.16 Å². The molecule has 0 unspecified atom stereocenters. The molecule has 2 aromatic carbocycles. The van der Waals surface area contributed by atoms with E-state index in [2.05, 4.69) is 37.0 Å². The lowest BCUT2D eigenvalue weighted by atomic mass is 10.1. The molecule has 3 nitrogen and oxygen atoms in total. The average Bonchev–Trinajstić information content (AvgIpc) is 2.97. The second-order valence-corrected chi connectivity index (χ2v) is 6.26. The molecule has 106 valence electrons. The Bertz CT molecular complexity index is 766. The van der Waals surface area contributed by atoms with Crippen LogP contribution in [0.2, 0.25) is 0 Å². The molecule has 0 radical (unpaired) electrons. The van der Waals surface area contributed by atoms with Gasteiger partial charge >= 0.3 is 0 Å². The number of benzene rings is 2. The van der Waals surface area contributed by atoms with Crippen molar-refractivity contribution < 1.29 is 9.26 Å². The fourth-order valence-electron chi connectivity index (χ4n) is 2.03. The van der Waals surface area contributed by atoms with Gasteiger partial charge in [-0.2, -0.15) is 0 Å². The highest BCUT2D eigenvalue weighted by molar-refractivity contribution is 9.10. The van der Waals surface area contributed by atoms with Crippen LogP contribution >= 0.6 is 31.9 Å². The first-order valence-corrected chi connectivity index (χ1v) is 7.82. The molecule has 5 heteroatoms. The maximum atomic E-state index is 5.47. The Morgan fingerprint density at radius 2 is 1.67 bits per heavy atom. The Morgan fingerprint density at radius 1 is 0.952 bits per heavy atom. The van der Waals surface area contributed by atoms with E-state index in [9.17, 15) is 0 Å². The van der Waals surface area contributed by atoms with Gasteiger partial charge in [0.15, 0.2) is 5.76 Å². The molecule has 0 amide bonds. The van der Waals surface area contributed by atoms with Crippen LogP contribution in [-0.4, -0.2) is 12.3 Å². The minimum Gasteiger partial charge on any atom is -0.496 e. The molecule has 0 saturated heterocycles. The van der Waals surface area contributed by atoms with Crippen molar-refractivity contribution in [2.45, 2.75) is 0 Å². The van der Waals surface area contributed by atoms with E-state index in [4.69, 9.17) is 9.26 Å². The van der Waals surface area contributed by atoms with Crippen molar-refractivity contribution >= 4 is 31.9 Å². The summed E-state index contributed by atoms with van der Waals surface area (Å²) in [5.74, 6) is 1.42. The molecular formula is C16H11Br2NO2. The number of aromatic nitrogens is 1. The summed E-state index contributed by atoms with van der Waals surface area (Å²) in [5, 5.41) is 4.14. The fourth-order valence-corrected chi connectivity index (χ4v) is 2.66. The van der Waals surface area contributed by atoms with E-state index in [0.717, 1.165) is 31.5 Å². The summed E-state index contributed by atoms with van der Waals surface area (Å²) in [6, 6.07) is 15.6. The van der Waals surface area contributed by atoms with Crippen LogP contribution in [0.3, 0.4) is 0 Å². The van der Waals surface area contributed by atoms with Gasteiger partial charge in [-0.3, -0.25) is 0 Å². The van der Waals surface area contributed by atoms with E-state index in [1.165, 1.54) is 0 Å². The molecule has 0 aliphatic carbocycles. The minimum absolute atomic E-state index is 0.672. The number of ether oxygens (including phenoxy) is 1. The number of hydrogen-bond donors (Lipinski definition) is 0. The lowest BCUT2D eigenvalue weighted by molar-refractivity contribution is 0.406. The second-order valence-electron chi connectivity index (χ2n) is 4.43. The normalized spacial score (nSPS) is 10.6. The third-order valence-corrected chi connectivity index (χ3v) is 4.10. The third kappa shape index (κ3) is 3.04. The summed E-state index contributed by atoms with van der Waals surface area (Å²) in [6.07, 6.45) is 0. The summed E-state index contributed by atoms with van der Waals surface area (Å²) in [7, 11) is 1.64. The van der Waals surface area contributed by atoms with Crippen LogP contribution in [0.25, 0.3) is 22.6 Å². The van der Waals surface area contributed by atoms with E-state index in [1.807, 2.05) is 48.5 Å². The summed E-state index contributed by atoms with van der Waals surface area (Å²) >= 11 is 6.88. The lowest BCUT2D eigenvalue weighted by Crippen LogP contribution is -1.86. The van der Waals surface area contributed by atoms with Gasteiger partial charge in [-0.15, -0.1) is 0 Å². The summed E-state index contributed by atoms with van der Waals surface area (Å²) in [6.45, 7) is 0. The van der Waals surface area contributed by atoms with Crippen molar-refractivity contribution in [3.8, 4) is 28.3 Å². The Kier molecular flexibility index (Phi) is 4.12. The van der Waals surface area contributed by atoms with Gasteiger partial charge in [-0.1, -0.05) is 49.1 Å². The van der Waals surface area contributed by atoms with Gasteiger partial charge in [0, 0.05) is 20.6 Å². The molecule has 0 bridgehead atoms. The molecule has 0 saturated carbocycles. The number of halogens is 2. The van der Waals surface area contributed by atoms with E-state index in [-0.39, 0.29) is 0 Å². The van der Waals surface area contributed by atoms with Crippen LogP contribution < -0.4 is 4.74 Å². The van der Waals surface area contributed by atoms with Gasteiger partial charge in [0.25, 0.3) is 0 Å². The summed E-state index contributed by atoms with van der Waals surface area (Å²) < 4.78 is 12.8. The van der Waals surface area contributed by atoms with Crippen LogP contribution in [-0.2, 0) is 0 Å². The Labute approximate surface area is 139 Å². The summed E-state index contributed by atoms with van der Waals surface area (Å²) in [5.41, 5.74) is 2.66. The molecule has 0 spiro atoms. The number of hydrogen-bond acceptors (Lipinski definition) is 3. The first-order chi connectivity index (χ1) is 10.2. The largest absolute Gasteiger partial charge is 0.496 e. The first kappa shape index (κ1) is 14.4. The zero-order valence-electron chi connectivity index (χ0n) is 11.1. The number of nitrogens with zero attached hydrogens (tertiary/aromatic N) is 1. The number of methoxy groups -OCH3 is 1. The van der Waals surface area contributed by atoms with Gasteiger partial charge in [0.2, 0.25) is 0 Å². The lowest BCUT2D eigenvalue weighted by Gasteiger charge is -2.05. The number of rotatable bonds is 3. The molecule has 21 heavy (non-hydrogen) atoms. The molecule has 3 aromatic rings. The van der Waals surface area contributed by atoms with Crippen LogP contribution in [0.5, 0.6) is 5.75 Å². The average molecular weight is 409 g/mol. The monoisotopic (exact) mass is 407 g/mol. The third-order valence-electron chi connectivity index (χ3n) is 3.08. The Morgan fingerprint density at radius 3 is 2.38 bits per heavy atom. The fraction of sp³-hybridized carbons (Fsp3) is 0.0625. The van der Waals surface area contributed by atoms with E-state index in [1.54, 1.807) is 7.11 Å². The van der Waals surface area contributed by atoms with E-state index >= 15 is 0 Å². The molecule has 1 heterocycles. The van der Waals surface area contributed by atoms with Gasteiger partial charge in [-0.25, -0.2) is 0 Å². The highest BCUT2D eigenvalue weighted by atomic mass is 79.9. The van der Waals surface area contributed by atoms with Crippen molar-refractivity contribution in [2.75, 3.05) is 7.11 Å². The smallest absolute Gasteiger partial charge is 0.171 e. The summed E-state index contributed by atoms with van der Waals surface area (Å²) in [4.78, 5) is 0. The van der Waals surface area contributed by atoms with Gasteiger partial charge < -0.3 is 9.26 Å². The van der Waals surface area contributed by atoms with Crippen molar-refractivity contribution in [3.05, 3.63) is 57.5 Å². The molecule has 0 atom stereocenters. The topological polar surface area (TPSA) is 35.3 Å². The Balaban J connectivity index is 2.02. The molecule has 0 aliphatic rings. The van der Waals surface area contributed by atoms with Crippen LogP contribution in [0.4, 0.5) is 0 Å². The van der Waals surface area contributed by atoms with E-state index < -0.39 is 0 Å². The standard InChI is InChI=1S/C16H11Br2NO2/c1-20-15-7-6-12(18)8-13(15)16-9-14(19-21-16)10-2-4-11(17)5-3-10/h2-9H,1H3.